The van der Waals surface area contributed by atoms with Gasteiger partial charge in [-0.3, -0.25) is 14.4 Å². The summed E-state index contributed by atoms with van der Waals surface area (Å²) in [5, 5.41) is 0. The maximum absolute atomic E-state index is 12.9. The first-order chi connectivity index (χ1) is 40.5. The van der Waals surface area contributed by atoms with Gasteiger partial charge in [-0.2, -0.15) is 0 Å². The third kappa shape index (κ3) is 66.6. The minimum absolute atomic E-state index is 0.0852. The SMILES string of the molecule is CC/C=C\C/C=C\C/C=C\C/C=C\C/C=C\C/C=C\CCCCCCCCCCCCCCC(=O)OCC(COC(=O)CCCCCCC/C=C\CCC)OC(=O)CCCCCCCCCC/C=C\C/C=C\C/C=C\CCCCCCC. The van der Waals surface area contributed by atoms with E-state index in [-0.39, 0.29) is 31.1 Å². The van der Waals surface area contributed by atoms with Crippen LogP contribution in [0, 0.1) is 0 Å². The lowest BCUT2D eigenvalue weighted by Gasteiger charge is -2.18. The molecule has 0 aromatic carbocycles. The van der Waals surface area contributed by atoms with Gasteiger partial charge in [0.1, 0.15) is 13.2 Å². The van der Waals surface area contributed by atoms with Gasteiger partial charge in [-0.15, -0.1) is 0 Å². The highest BCUT2D eigenvalue weighted by Crippen LogP contribution is 2.16. The molecule has 1 unspecified atom stereocenters. The predicted octanol–water partition coefficient (Wildman–Crippen LogP) is 23.9. The van der Waals surface area contributed by atoms with Crippen molar-refractivity contribution in [1.82, 2.24) is 0 Å². The number of allylic oxidation sites excluding steroid dienone is 20. The maximum atomic E-state index is 12.9. The molecular weight excluding hydrogens is 1010 g/mol. The van der Waals surface area contributed by atoms with Crippen molar-refractivity contribution in [2.45, 2.75) is 329 Å². The number of carbonyl (C=O) groups excluding carboxylic acids is 3. The Kier molecular flexibility index (Phi) is 65.8. The first-order valence-corrected chi connectivity index (χ1v) is 34.5. The minimum atomic E-state index is -0.789. The molecule has 6 nitrogen and oxygen atoms in total. The topological polar surface area (TPSA) is 78.9 Å². The molecule has 0 fully saturated rings. The van der Waals surface area contributed by atoms with Crippen molar-refractivity contribution in [2.24, 2.45) is 0 Å². The molecule has 0 spiro atoms. The van der Waals surface area contributed by atoms with Gasteiger partial charge in [0, 0.05) is 19.3 Å². The Hall–Kier alpha value is -4.19. The van der Waals surface area contributed by atoms with Crippen LogP contribution >= 0.6 is 0 Å². The molecular formula is C76H128O6. The van der Waals surface area contributed by atoms with Crippen molar-refractivity contribution in [3.8, 4) is 0 Å². The maximum Gasteiger partial charge on any atom is 0.306 e. The first-order valence-electron chi connectivity index (χ1n) is 34.5. The molecule has 0 radical (unpaired) electrons. The predicted molar refractivity (Wildman–Crippen MR) is 357 cm³/mol. The number of hydrogen-bond donors (Lipinski definition) is 0. The van der Waals surface area contributed by atoms with Crippen LogP contribution in [-0.2, 0) is 28.6 Å². The number of ether oxygens (including phenoxy) is 3. The number of unbranched alkanes of at least 4 members (excludes halogenated alkanes) is 31. The first kappa shape index (κ1) is 77.8. The van der Waals surface area contributed by atoms with E-state index in [0.717, 1.165) is 135 Å². The molecule has 0 saturated heterocycles. The monoisotopic (exact) mass is 1140 g/mol. The van der Waals surface area contributed by atoms with Crippen molar-refractivity contribution in [1.29, 1.82) is 0 Å². The number of rotatable bonds is 62. The molecule has 82 heavy (non-hydrogen) atoms. The van der Waals surface area contributed by atoms with Gasteiger partial charge >= 0.3 is 17.9 Å². The van der Waals surface area contributed by atoms with E-state index in [1.54, 1.807) is 0 Å². The lowest BCUT2D eigenvalue weighted by Crippen LogP contribution is -2.30. The van der Waals surface area contributed by atoms with Crippen LogP contribution in [-0.4, -0.2) is 37.2 Å². The Labute approximate surface area is 507 Å². The quantitative estimate of drug-likeness (QED) is 0.0261. The molecule has 0 rings (SSSR count). The Balaban J connectivity index is 4.22. The van der Waals surface area contributed by atoms with Crippen molar-refractivity contribution < 1.29 is 28.6 Å². The Morgan fingerprint density at radius 3 is 0.805 bits per heavy atom. The summed E-state index contributed by atoms with van der Waals surface area (Å²) in [5.74, 6) is -0.898. The highest BCUT2D eigenvalue weighted by atomic mass is 16.6. The summed E-state index contributed by atoms with van der Waals surface area (Å²) >= 11 is 0. The summed E-state index contributed by atoms with van der Waals surface area (Å²) in [6, 6.07) is 0. The fraction of sp³-hybridized carbons (Fsp3) is 0.697. The van der Waals surface area contributed by atoms with E-state index in [4.69, 9.17) is 14.2 Å². The molecule has 0 aromatic rings. The average molecular weight is 1140 g/mol. The van der Waals surface area contributed by atoms with E-state index in [2.05, 4.69) is 142 Å². The third-order valence-corrected chi connectivity index (χ3v) is 14.7. The Morgan fingerprint density at radius 1 is 0.256 bits per heavy atom. The second kappa shape index (κ2) is 69.3. The van der Waals surface area contributed by atoms with Crippen molar-refractivity contribution in [3.63, 3.8) is 0 Å². The standard InChI is InChI=1S/C76H128O6/c1-4-7-10-13-16-19-22-24-26-28-30-32-34-35-36-37-38-39-40-41-43-44-46-48-50-52-54-57-60-63-66-69-75(78)81-72-73(71-80-74(77)68-65-62-59-56-21-18-15-12-9-6-3)82-76(79)70-67-64-61-58-55-53-51-49-47-45-42-33-31-29-27-25-23-20-17-14-11-8-5-2/h7,10,12,15-16,19,23-26,29-32,35-36,38-39,42,45,73H,4-6,8-9,11,13-14,17-18,20-22,27-28,33-34,37,40-41,43-44,46-72H2,1-3H3/b10-7-,15-12-,19-16-,25-23-,26-24-,31-29-,32-30-,36-35-,39-38-,45-42-. The van der Waals surface area contributed by atoms with E-state index in [0.29, 0.717) is 19.3 Å². The van der Waals surface area contributed by atoms with Crippen LogP contribution in [0.15, 0.2) is 122 Å². The van der Waals surface area contributed by atoms with Crippen molar-refractivity contribution in [3.05, 3.63) is 122 Å². The molecule has 0 aliphatic rings. The van der Waals surface area contributed by atoms with Crippen LogP contribution < -0.4 is 0 Å². The summed E-state index contributed by atoms with van der Waals surface area (Å²) in [7, 11) is 0. The van der Waals surface area contributed by atoms with Crippen molar-refractivity contribution in [2.75, 3.05) is 13.2 Å². The lowest BCUT2D eigenvalue weighted by molar-refractivity contribution is -0.167. The highest BCUT2D eigenvalue weighted by molar-refractivity contribution is 5.71. The van der Waals surface area contributed by atoms with Gasteiger partial charge in [-0.1, -0.05) is 296 Å². The van der Waals surface area contributed by atoms with Gasteiger partial charge in [0.25, 0.3) is 0 Å². The van der Waals surface area contributed by atoms with E-state index in [1.807, 2.05) is 0 Å². The molecule has 0 bridgehead atoms. The van der Waals surface area contributed by atoms with E-state index >= 15 is 0 Å². The Morgan fingerprint density at radius 2 is 0.500 bits per heavy atom. The van der Waals surface area contributed by atoms with Crippen LogP contribution in [0.25, 0.3) is 0 Å². The van der Waals surface area contributed by atoms with Crippen molar-refractivity contribution >= 4 is 17.9 Å². The van der Waals surface area contributed by atoms with E-state index in [1.165, 1.54) is 148 Å². The molecule has 1 atom stereocenters. The summed E-state index contributed by atoms with van der Waals surface area (Å²) < 4.78 is 16.9. The fourth-order valence-electron chi connectivity index (χ4n) is 9.52. The van der Waals surface area contributed by atoms with Gasteiger partial charge < -0.3 is 14.2 Å². The second-order valence-electron chi connectivity index (χ2n) is 22.7. The zero-order chi connectivity index (χ0) is 59.2. The summed E-state index contributed by atoms with van der Waals surface area (Å²) in [6.07, 6.45) is 96.5. The summed E-state index contributed by atoms with van der Waals surface area (Å²) in [4.78, 5) is 38.3. The van der Waals surface area contributed by atoms with E-state index < -0.39 is 6.10 Å². The lowest BCUT2D eigenvalue weighted by atomic mass is 10.0. The zero-order valence-corrected chi connectivity index (χ0v) is 53.7. The number of hydrogen-bond acceptors (Lipinski definition) is 6. The molecule has 0 aliphatic carbocycles. The average Bonchev–Trinajstić information content (AvgIpc) is 3.47. The smallest absolute Gasteiger partial charge is 0.306 e. The molecule has 0 N–H and O–H groups in total. The third-order valence-electron chi connectivity index (χ3n) is 14.7. The molecule has 6 heteroatoms. The highest BCUT2D eigenvalue weighted by Gasteiger charge is 2.19. The van der Waals surface area contributed by atoms with Crippen LogP contribution in [0.2, 0.25) is 0 Å². The summed E-state index contributed by atoms with van der Waals surface area (Å²) in [6.45, 7) is 6.46. The Bertz CT molecular complexity index is 1690. The van der Waals surface area contributed by atoms with Gasteiger partial charge in [0.05, 0.1) is 0 Å². The second-order valence-corrected chi connectivity index (χ2v) is 22.7. The van der Waals surface area contributed by atoms with Gasteiger partial charge in [0.15, 0.2) is 6.10 Å². The molecule has 0 heterocycles. The van der Waals surface area contributed by atoms with Gasteiger partial charge in [0.2, 0.25) is 0 Å². The zero-order valence-electron chi connectivity index (χ0n) is 53.7. The normalized spacial score (nSPS) is 12.9. The molecule has 0 amide bonds. The summed E-state index contributed by atoms with van der Waals surface area (Å²) in [5.41, 5.74) is 0. The number of esters is 3. The van der Waals surface area contributed by atoms with Crippen LogP contribution in [0.1, 0.15) is 323 Å². The largest absolute Gasteiger partial charge is 0.462 e. The molecule has 0 aliphatic heterocycles. The van der Waals surface area contributed by atoms with Gasteiger partial charge in [-0.05, 0) is 128 Å². The van der Waals surface area contributed by atoms with Crippen LogP contribution in [0.3, 0.4) is 0 Å². The van der Waals surface area contributed by atoms with Crippen LogP contribution in [0.4, 0.5) is 0 Å². The molecule has 0 aromatic heterocycles. The van der Waals surface area contributed by atoms with E-state index in [9.17, 15) is 14.4 Å². The molecule has 0 saturated carbocycles. The number of carbonyl (C=O) groups is 3. The molecule has 468 valence electrons. The minimum Gasteiger partial charge on any atom is -0.462 e. The van der Waals surface area contributed by atoms with Crippen LogP contribution in [0.5, 0.6) is 0 Å². The fourth-order valence-corrected chi connectivity index (χ4v) is 9.52. The van der Waals surface area contributed by atoms with Gasteiger partial charge in [-0.25, -0.2) is 0 Å².